The van der Waals surface area contributed by atoms with E-state index in [9.17, 15) is 0 Å². The van der Waals surface area contributed by atoms with Gasteiger partial charge in [-0.15, -0.1) is 6.42 Å². The minimum Gasteiger partial charge on any atom is -0.377 e. The molecule has 1 rings (SSSR count). The molecule has 0 bridgehead atoms. The Morgan fingerprint density at radius 3 is 2.10 bits per heavy atom. The van der Waals surface area contributed by atoms with Crippen LogP contribution in [0.15, 0.2) is 12.3 Å². The zero-order chi connectivity index (χ0) is 15.2. The molecule has 0 amide bonds. The maximum absolute atomic E-state index is 5.47. The zero-order valence-electron chi connectivity index (χ0n) is 12.6. The minimum atomic E-state index is 0.329. The second-order valence-corrected chi connectivity index (χ2v) is 4.29. The molecule has 0 aliphatic rings. The fourth-order valence-electron chi connectivity index (χ4n) is 1.57. The number of nitrogens with zero attached hydrogens (tertiary/aromatic N) is 2. The molecule has 1 aromatic rings. The number of aryl methyl sites for hydroxylation is 1. The molecular weight excluding hydrogens is 272 g/mol. The molecule has 0 N–H and O–H groups in total. The lowest BCUT2D eigenvalue weighted by atomic mass is 10.5. The van der Waals surface area contributed by atoms with Crippen LogP contribution in [-0.2, 0) is 25.5 Å². The molecule has 0 saturated heterocycles. The van der Waals surface area contributed by atoms with Gasteiger partial charge < -0.3 is 18.9 Å². The van der Waals surface area contributed by atoms with Crippen LogP contribution in [0.1, 0.15) is 5.69 Å². The van der Waals surface area contributed by atoms with E-state index in [2.05, 4.69) is 11.0 Å². The summed E-state index contributed by atoms with van der Waals surface area (Å²) < 4.78 is 23.1. The number of terminal acetylenes is 1. The van der Waals surface area contributed by atoms with Gasteiger partial charge in [-0.3, -0.25) is 4.68 Å². The second-order valence-electron chi connectivity index (χ2n) is 4.29. The quantitative estimate of drug-likeness (QED) is 0.400. The summed E-state index contributed by atoms with van der Waals surface area (Å²) in [6.07, 6.45) is 6.83. The van der Waals surface area contributed by atoms with Crippen molar-refractivity contribution in [1.82, 2.24) is 9.78 Å². The molecule has 6 nitrogen and oxygen atoms in total. The van der Waals surface area contributed by atoms with Crippen molar-refractivity contribution in [2.75, 3.05) is 52.9 Å². The largest absolute Gasteiger partial charge is 0.377 e. The predicted molar refractivity (Wildman–Crippen MR) is 79.1 cm³/mol. The highest BCUT2D eigenvalue weighted by Crippen LogP contribution is 1.95. The van der Waals surface area contributed by atoms with E-state index in [0.717, 1.165) is 12.2 Å². The molecule has 0 aromatic carbocycles. The lowest BCUT2D eigenvalue weighted by Gasteiger charge is -2.07. The number of rotatable bonds is 13. The van der Waals surface area contributed by atoms with Crippen LogP contribution in [0.2, 0.25) is 0 Å². The average Bonchev–Trinajstić information content (AvgIpc) is 2.89. The maximum Gasteiger partial charge on any atom is 0.107 e. The molecule has 1 heterocycles. The first-order valence-electron chi connectivity index (χ1n) is 7.07. The molecule has 0 atom stereocenters. The van der Waals surface area contributed by atoms with E-state index < -0.39 is 0 Å². The Bertz CT molecular complexity index is 401. The summed E-state index contributed by atoms with van der Waals surface area (Å²) in [6, 6.07) is 1.97. The van der Waals surface area contributed by atoms with Crippen LogP contribution in [0.3, 0.4) is 0 Å². The van der Waals surface area contributed by atoms with Crippen molar-refractivity contribution in [1.29, 1.82) is 0 Å². The smallest absolute Gasteiger partial charge is 0.107 e. The summed E-state index contributed by atoms with van der Waals surface area (Å²) in [7, 11) is 0. The highest BCUT2D eigenvalue weighted by atomic mass is 16.6. The first-order valence-corrected chi connectivity index (χ1v) is 7.07. The fraction of sp³-hybridized carbons (Fsp3) is 0.667. The zero-order valence-corrected chi connectivity index (χ0v) is 12.6. The summed E-state index contributed by atoms with van der Waals surface area (Å²) in [6.45, 7) is 7.03. The molecule has 6 heteroatoms. The molecular formula is C15H24N2O4. The molecule has 0 aliphatic carbocycles. The Balaban J connectivity index is 1.77. The summed E-state index contributed by atoms with van der Waals surface area (Å²) in [5.74, 6) is 2.39. The molecule has 21 heavy (non-hydrogen) atoms. The fourth-order valence-corrected chi connectivity index (χ4v) is 1.57. The third-order valence-corrected chi connectivity index (χ3v) is 2.68. The van der Waals surface area contributed by atoms with Gasteiger partial charge in [0.1, 0.15) is 6.61 Å². The number of hydrogen-bond donors (Lipinski definition) is 0. The molecule has 118 valence electrons. The van der Waals surface area contributed by atoms with Crippen LogP contribution in [0.25, 0.3) is 0 Å². The van der Waals surface area contributed by atoms with Crippen molar-refractivity contribution in [3.63, 3.8) is 0 Å². The van der Waals surface area contributed by atoms with Crippen molar-refractivity contribution in [3.8, 4) is 12.3 Å². The average molecular weight is 296 g/mol. The Kier molecular flexibility index (Phi) is 10.4. The van der Waals surface area contributed by atoms with Gasteiger partial charge in [-0.05, 0) is 13.0 Å². The van der Waals surface area contributed by atoms with E-state index in [1.165, 1.54) is 0 Å². The lowest BCUT2D eigenvalue weighted by Crippen LogP contribution is -2.14. The molecule has 0 radical (unpaired) electrons. The van der Waals surface area contributed by atoms with Crippen molar-refractivity contribution >= 4 is 0 Å². The van der Waals surface area contributed by atoms with Crippen molar-refractivity contribution in [2.45, 2.75) is 13.5 Å². The Labute approximate surface area is 126 Å². The maximum atomic E-state index is 5.47. The number of ether oxygens (including phenoxy) is 4. The van der Waals surface area contributed by atoms with Crippen LogP contribution < -0.4 is 0 Å². The highest BCUT2D eigenvalue weighted by Gasteiger charge is 1.96. The standard InChI is InChI=1S/C15H24N2O4/c1-3-7-18-9-11-20-13-14-21-12-10-19-8-6-17-15(2)4-5-16-17/h1,4-5H,6-14H2,2H3. The molecule has 0 aliphatic heterocycles. The van der Waals surface area contributed by atoms with Gasteiger partial charge in [0.05, 0.1) is 52.8 Å². The van der Waals surface area contributed by atoms with Crippen LogP contribution in [0.4, 0.5) is 0 Å². The van der Waals surface area contributed by atoms with Gasteiger partial charge in [-0.25, -0.2) is 0 Å². The molecule has 1 aromatic heterocycles. The SMILES string of the molecule is C#CCOCCOCCOCCOCCn1nccc1C. The van der Waals surface area contributed by atoms with E-state index in [1.807, 2.05) is 17.7 Å². The predicted octanol–water partition coefficient (Wildman–Crippen LogP) is 0.891. The Morgan fingerprint density at radius 1 is 1.00 bits per heavy atom. The summed E-state index contributed by atoms with van der Waals surface area (Å²) >= 11 is 0. The number of hydrogen-bond acceptors (Lipinski definition) is 5. The van der Waals surface area contributed by atoms with Crippen LogP contribution in [-0.4, -0.2) is 62.6 Å². The molecule has 0 unspecified atom stereocenters. The van der Waals surface area contributed by atoms with E-state index in [0.29, 0.717) is 52.9 Å². The van der Waals surface area contributed by atoms with Gasteiger partial charge in [0, 0.05) is 11.9 Å². The molecule has 0 spiro atoms. The van der Waals surface area contributed by atoms with E-state index in [4.69, 9.17) is 25.4 Å². The normalized spacial score (nSPS) is 10.7. The lowest BCUT2D eigenvalue weighted by molar-refractivity contribution is 0.000193. The monoisotopic (exact) mass is 296 g/mol. The van der Waals surface area contributed by atoms with Gasteiger partial charge in [0.15, 0.2) is 0 Å². The first kappa shape index (κ1) is 17.7. The van der Waals surface area contributed by atoms with Crippen molar-refractivity contribution < 1.29 is 18.9 Å². The van der Waals surface area contributed by atoms with Crippen molar-refractivity contribution in [2.24, 2.45) is 0 Å². The first-order chi connectivity index (χ1) is 10.3. The third-order valence-electron chi connectivity index (χ3n) is 2.68. The second kappa shape index (κ2) is 12.4. The van der Waals surface area contributed by atoms with Gasteiger partial charge >= 0.3 is 0 Å². The van der Waals surface area contributed by atoms with Gasteiger partial charge in [-0.1, -0.05) is 5.92 Å². The topological polar surface area (TPSA) is 54.7 Å². The van der Waals surface area contributed by atoms with E-state index >= 15 is 0 Å². The Morgan fingerprint density at radius 2 is 1.57 bits per heavy atom. The summed E-state index contributed by atoms with van der Waals surface area (Å²) in [4.78, 5) is 0. The summed E-state index contributed by atoms with van der Waals surface area (Å²) in [5, 5.41) is 4.18. The number of aromatic nitrogens is 2. The summed E-state index contributed by atoms with van der Waals surface area (Å²) in [5.41, 5.74) is 1.14. The highest BCUT2D eigenvalue weighted by molar-refractivity contribution is 4.96. The van der Waals surface area contributed by atoms with Crippen LogP contribution in [0, 0.1) is 19.3 Å². The van der Waals surface area contributed by atoms with Crippen LogP contribution in [0.5, 0.6) is 0 Å². The van der Waals surface area contributed by atoms with Gasteiger partial charge in [0.2, 0.25) is 0 Å². The molecule has 0 saturated carbocycles. The minimum absolute atomic E-state index is 0.329. The van der Waals surface area contributed by atoms with E-state index in [-0.39, 0.29) is 0 Å². The van der Waals surface area contributed by atoms with Crippen molar-refractivity contribution in [3.05, 3.63) is 18.0 Å². The molecule has 0 fully saturated rings. The van der Waals surface area contributed by atoms with Gasteiger partial charge in [0.25, 0.3) is 0 Å². The van der Waals surface area contributed by atoms with Gasteiger partial charge in [-0.2, -0.15) is 5.10 Å². The third kappa shape index (κ3) is 9.21. The Hall–Kier alpha value is -1.39. The van der Waals surface area contributed by atoms with E-state index in [1.54, 1.807) is 6.20 Å². The van der Waals surface area contributed by atoms with Crippen LogP contribution >= 0.6 is 0 Å².